The van der Waals surface area contributed by atoms with Gasteiger partial charge in [0.15, 0.2) is 0 Å². The highest BCUT2D eigenvalue weighted by atomic mass is 32.2. The van der Waals surface area contributed by atoms with Gasteiger partial charge >= 0.3 is 0 Å². The summed E-state index contributed by atoms with van der Waals surface area (Å²) in [6, 6.07) is 1.24. The van der Waals surface area contributed by atoms with Crippen molar-refractivity contribution in [2.45, 2.75) is 31.3 Å². The number of sulfonamides is 1. The van der Waals surface area contributed by atoms with Gasteiger partial charge in [-0.25, -0.2) is 13.6 Å². The lowest BCUT2D eigenvalue weighted by atomic mass is 10.1. The van der Waals surface area contributed by atoms with E-state index >= 15 is 0 Å². The minimum atomic E-state index is -3.85. The molecule has 3 N–H and O–H groups in total. The third kappa shape index (κ3) is 4.06. The van der Waals surface area contributed by atoms with Gasteiger partial charge in [-0.05, 0) is 26.8 Å². The number of amides is 1. The Kier molecular flexibility index (Phi) is 4.62. The summed E-state index contributed by atoms with van der Waals surface area (Å²) >= 11 is 0. The molecule has 0 fully saturated rings. The number of aromatic nitrogens is 1. The largest absolute Gasteiger partial charge is 0.389 e. The van der Waals surface area contributed by atoms with Crippen LogP contribution in [0.15, 0.2) is 17.2 Å². The van der Waals surface area contributed by atoms with E-state index in [0.29, 0.717) is 6.54 Å². The Morgan fingerprint density at radius 2 is 2.05 bits per heavy atom. The average molecular weight is 303 g/mol. The molecule has 1 rings (SSSR count). The first-order chi connectivity index (χ1) is 8.95. The summed E-state index contributed by atoms with van der Waals surface area (Å²) in [5.41, 5.74) is -0.820. The quantitative estimate of drug-likeness (QED) is 0.792. The van der Waals surface area contributed by atoms with E-state index in [1.54, 1.807) is 27.8 Å². The number of nitrogens with zero attached hydrogens (tertiary/aromatic N) is 2. The number of aliphatic hydroxyl groups is 1. The second kappa shape index (κ2) is 5.55. The molecule has 7 nitrogen and oxygen atoms in total. The van der Waals surface area contributed by atoms with Crippen LogP contribution in [-0.2, 0) is 17.1 Å². The third-order valence-electron chi connectivity index (χ3n) is 2.77. The molecular formula is C12H21N3O4S. The maximum absolute atomic E-state index is 12.4. The number of carbonyl (C=O) groups is 1. The average Bonchev–Trinajstić information content (AvgIpc) is 2.65. The maximum Gasteiger partial charge on any atom is 0.270 e. The van der Waals surface area contributed by atoms with E-state index in [9.17, 15) is 18.3 Å². The van der Waals surface area contributed by atoms with E-state index in [4.69, 9.17) is 5.14 Å². The van der Waals surface area contributed by atoms with Crippen molar-refractivity contribution in [1.29, 1.82) is 0 Å². The fourth-order valence-electron chi connectivity index (χ4n) is 1.86. The number of primary sulfonamides is 1. The van der Waals surface area contributed by atoms with Gasteiger partial charge in [-0.2, -0.15) is 0 Å². The van der Waals surface area contributed by atoms with E-state index in [2.05, 4.69) is 0 Å². The van der Waals surface area contributed by atoms with Crippen molar-refractivity contribution in [2.24, 2.45) is 12.2 Å². The van der Waals surface area contributed by atoms with Gasteiger partial charge in [-0.3, -0.25) is 4.79 Å². The van der Waals surface area contributed by atoms with Crippen LogP contribution in [-0.4, -0.2) is 47.6 Å². The molecule has 0 atom stereocenters. The summed E-state index contributed by atoms with van der Waals surface area (Å²) in [6.45, 7) is 5.54. The summed E-state index contributed by atoms with van der Waals surface area (Å²) in [7, 11) is -2.28. The minimum absolute atomic E-state index is 0.109. The second-order valence-electron chi connectivity index (χ2n) is 5.35. The van der Waals surface area contributed by atoms with E-state index in [1.165, 1.54) is 21.7 Å². The van der Waals surface area contributed by atoms with Crippen LogP contribution in [0, 0.1) is 0 Å². The molecule has 1 heterocycles. The lowest BCUT2D eigenvalue weighted by Gasteiger charge is -2.28. The molecule has 8 heteroatoms. The van der Waals surface area contributed by atoms with Crippen molar-refractivity contribution in [2.75, 3.05) is 13.1 Å². The molecule has 0 aliphatic carbocycles. The van der Waals surface area contributed by atoms with Crippen LogP contribution in [0.25, 0.3) is 0 Å². The summed E-state index contributed by atoms with van der Waals surface area (Å²) < 4.78 is 24.0. The number of aryl methyl sites for hydroxylation is 1. The molecule has 0 spiro atoms. The first-order valence-corrected chi connectivity index (χ1v) is 7.71. The van der Waals surface area contributed by atoms with Crippen molar-refractivity contribution >= 4 is 15.9 Å². The Bertz CT molecular complexity index is 599. The lowest BCUT2D eigenvalue weighted by Crippen LogP contribution is -2.42. The van der Waals surface area contributed by atoms with Gasteiger partial charge in [-0.15, -0.1) is 0 Å². The predicted octanol–water partition coefficient (Wildman–Crippen LogP) is -0.0945. The fraction of sp³-hybridized carbons (Fsp3) is 0.583. The number of rotatable bonds is 5. The van der Waals surface area contributed by atoms with Crippen LogP contribution >= 0.6 is 0 Å². The molecule has 114 valence electrons. The zero-order valence-corrected chi connectivity index (χ0v) is 12.9. The van der Waals surface area contributed by atoms with Crippen LogP contribution in [0.1, 0.15) is 31.3 Å². The molecule has 0 saturated heterocycles. The van der Waals surface area contributed by atoms with Gasteiger partial charge in [-0.1, -0.05) is 0 Å². The van der Waals surface area contributed by atoms with Crippen LogP contribution in [0.4, 0.5) is 0 Å². The Balaban J connectivity index is 3.11. The molecule has 1 amide bonds. The SMILES string of the molecule is CCN(CC(C)(C)O)C(=O)c1cc(S(N)(=O)=O)cn1C. The van der Waals surface area contributed by atoms with Crippen molar-refractivity contribution in [3.05, 3.63) is 18.0 Å². The predicted molar refractivity (Wildman–Crippen MR) is 74.7 cm³/mol. The van der Waals surface area contributed by atoms with Gasteiger partial charge < -0.3 is 14.6 Å². The first-order valence-electron chi connectivity index (χ1n) is 6.16. The highest BCUT2D eigenvalue weighted by molar-refractivity contribution is 7.89. The summed E-state index contributed by atoms with van der Waals surface area (Å²) in [4.78, 5) is 13.7. The van der Waals surface area contributed by atoms with Gasteiger partial charge in [0.05, 0.1) is 5.60 Å². The Hall–Kier alpha value is -1.38. The molecule has 20 heavy (non-hydrogen) atoms. The smallest absolute Gasteiger partial charge is 0.270 e. The van der Waals surface area contributed by atoms with Crippen LogP contribution in [0.5, 0.6) is 0 Å². The highest BCUT2D eigenvalue weighted by Crippen LogP contribution is 2.15. The molecule has 0 radical (unpaired) electrons. The van der Waals surface area contributed by atoms with Gasteiger partial charge in [0, 0.05) is 26.3 Å². The molecule has 0 unspecified atom stereocenters. The third-order valence-corrected chi connectivity index (χ3v) is 3.65. The standard InChI is InChI=1S/C12H21N3O4S/c1-5-15(8-12(2,3)17)11(16)10-6-9(7-14(10)4)20(13,18)19/h6-7,17H,5,8H2,1-4H3,(H2,13,18,19). The molecule has 0 aliphatic heterocycles. The Morgan fingerprint density at radius 3 is 2.40 bits per heavy atom. The van der Waals surface area contributed by atoms with Gasteiger partial charge in [0.1, 0.15) is 10.6 Å². The Morgan fingerprint density at radius 1 is 1.50 bits per heavy atom. The second-order valence-corrected chi connectivity index (χ2v) is 6.91. The van der Waals surface area contributed by atoms with E-state index in [1.807, 2.05) is 0 Å². The molecule has 0 saturated carbocycles. The monoisotopic (exact) mass is 303 g/mol. The zero-order valence-electron chi connectivity index (χ0n) is 12.1. The number of hydrogen-bond acceptors (Lipinski definition) is 4. The van der Waals surface area contributed by atoms with Crippen molar-refractivity contribution < 1.29 is 18.3 Å². The van der Waals surface area contributed by atoms with Gasteiger partial charge in [0.2, 0.25) is 10.0 Å². The van der Waals surface area contributed by atoms with E-state index in [-0.39, 0.29) is 23.0 Å². The first kappa shape index (κ1) is 16.7. The Labute approximate surface area is 119 Å². The summed E-state index contributed by atoms with van der Waals surface area (Å²) in [6.07, 6.45) is 1.29. The molecule has 0 bridgehead atoms. The fourth-order valence-corrected chi connectivity index (χ4v) is 2.44. The van der Waals surface area contributed by atoms with Crippen LogP contribution in [0.3, 0.4) is 0 Å². The van der Waals surface area contributed by atoms with Crippen molar-refractivity contribution in [3.63, 3.8) is 0 Å². The highest BCUT2D eigenvalue weighted by Gasteiger charge is 2.25. The molecular weight excluding hydrogens is 282 g/mol. The normalized spacial score (nSPS) is 12.5. The number of carbonyl (C=O) groups excluding carboxylic acids is 1. The number of hydrogen-bond donors (Lipinski definition) is 2. The van der Waals surface area contributed by atoms with E-state index in [0.717, 1.165) is 0 Å². The summed E-state index contributed by atoms with van der Waals surface area (Å²) in [5, 5.41) is 14.8. The van der Waals surface area contributed by atoms with Crippen molar-refractivity contribution in [3.8, 4) is 0 Å². The lowest BCUT2D eigenvalue weighted by molar-refractivity contribution is 0.0309. The van der Waals surface area contributed by atoms with Gasteiger partial charge in [0.25, 0.3) is 5.91 Å². The number of likely N-dealkylation sites (N-methyl/N-ethyl adjacent to an activating group) is 1. The maximum atomic E-state index is 12.4. The topological polar surface area (TPSA) is 106 Å². The van der Waals surface area contributed by atoms with Crippen LogP contribution in [0.2, 0.25) is 0 Å². The zero-order chi connectivity index (χ0) is 15.7. The molecule has 1 aromatic rings. The summed E-state index contributed by atoms with van der Waals surface area (Å²) in [5.74, 6) is -0.355. The minimum Gasteiger partial charge on any atom is -0.389 e. The molecule has 0 aromatic carbocycles. The molecule has 1 aromatic heterocycles. The molecule has 0 aliphatic rings. The van der Waals surface area contributed by atoms with Crippen LogP contribution < -0.4 is 5.14 Å². The van der Waals surface area contributed by atoms with E-state index < -0.39 is 15.6 Å². The van der Waals surface area contributed by atoms with Crippen molar-refractivity contribution in [1.82, 2.24) is 9.47 Å². The number of nitrogens with two attached hydrogens (primary N) is 1.